The van der Waals surface area contributed by atoms with E-state index in [0.717, 1.165) is 38.1 Å². The number of hydrogen-bond acceptors (Lipinski definition) is 3. The number of piperidine rings is 1. The largest absolute Gasteiger partial charge is 0.480 e. The second-order valence-corrected chi connectivity index (χ2v) is 6.60. The molecule has 1 saturated carbocycles. The van der Waals surface area contributed by atoms with Crippen LogP contribution in [-0.2, 0) is 4.79 Å². The van der Waals surface area contributed by atoms with Crippen LogP contribution in [-0.4, -0.2) is 47.2 Å². The van der Waals surface area contributed by atoms with Gasteiger partial charge in [0.2, 0.25) is 0 Å². The molecule has 0 aromatic heterocycles. The van der Waals surface area contributed by atoms with E-state index in [4.69, 9.17) is 0 Å². The van der Waals surface area contributed by atoms with Crippen LogP contribution in [0.15, 0.2) is 0 Å². The van der Waals surface area contributed by atoms with Crippen LogP contribution in [0.2, 0.25) is 0 Å². The number of likely N-dealkylation sites (tertiary alicyclic amines) is 1. The highest BCUT2D eigenvalue weighted by atomic mass is 16.4. The van der Waals surface area contributed by atoms with Gasteiger partial charge in [0.25, 0.3) is 0 Å². The Kier molecular flexibility index (Phi) is 4.51. The number of nitrogens with one attached hydrogen (secondary N) is 1. The van der Waals surface area contributed by atoms with Crippen molar-refractivity contribution in [2.45, 2.75) is 70.0 Å². The monoisotopic (exact) mass is 268 g/mol. The topological polar surface area (TPSA) is 52.6 Å². The van der Waals surface area contributed by atoms with Gasteiger partial charge < -0.3 is 10.4 Å². The quantitative estimate of drug-likeness (QED) is 0.823. The van der Waals surface area contributed by atoms with E-state index in [2.05, 4.69) is 24.1 Å². The molecule has 110 valence electrons. The lowest BCUT2D eigenvalue weighted by atomic mass is 9.77. The Bertz CT molecular complexity index is 334. The molecular weight excluding hydrogens is 240 g/mol. The zero-order valence-electron chi connectivity index (χ0n) is 12.5. The van der Waals surface area contributed by atoms with Crippen LogP contribution in [0.4, 0.5) is 0 Å². The normalized spacial score (nSPS) is 41.1. The predicted molar refractivity (Wildman–Crippen MR) is 76.2 cm³/mol. The number of carbonyl (C=O) groups is 1. The summed E-state index contributed by atoms with van der Waals surface area (Å²) in [6, 6.07) is 1.02. The molecule has 1 aliphatic carbocycles. The van der Waals surface area contributed by atoms with Gasteiger partial charge in [-0.3, -0.25) is 9.69 Å². The molecule has 0 aromatic carbocycles. The lowest BCUT2D eigenvalue weighted by Crippen LogP contribution is -2.59. The van der Waals surface area contributed by atoms with Gasteiger partial charge in [-0.05, 0) is 65.0 Å². The molecule has 19 heavy (non-hydrogen) atoms. The minimum absolute atomic E-state index is 0.430. The lowest BCUT2D eigenvalue weighted by Gasteiger charge is -2.47. The van der Waals surface area contributed by atoms with Crippen molar-refractivity contribution in [2.24, 2.45) is 5.92 Å². The van der Waals surface area contributed by atoms with Gasteiger partial charge >= 0.3 is 5.97 Å². The number of carboxylic acid groups (broad SMARTS) is 1. The van der Waals surface area contributed by atoms with E-state index < -0.39 is 11.5 Å². The molecule has 4 nitrogen and oxygen atoms in total. The minimum atomic E-state index is -0.703. The van der Waals surface area contributed by atoms with Crippen molar-refractivity contribution in [1.29, 1.82) is 0 Å². The number of nitrogens with zero attached hydrogens (tertiary/aromatic N) is 1. The Labute approximate surface area is 116 Å². The van der Waals surface area contributed by atoms with Crippen molar-refractivity contribution in [3.63, 3.8) is 0 Å². The van der Waals surface area contributed by atoms with Crippen LogP contribution >= 0.6 is 0 Å². The first-order valence-electron chi connectivity index (χ1n) is 7.66. The Morgan fingerprint density at radius 3 is 2.68 bits per heavy atom. The summed E-state index contributed by atoms with van der Waals surface area (Å²) in [6.45, 7) is 5.75. The molecule has 1 heterocycles. The molecule has 0 amide bonds. The molecule has 0 spiro atoms. The Balaban J connectivity index is 2.06. The van der Waals surface area contributed by atoms with Gasteiger partial charge in [0.05, 0.1) is 0 Å². The average Bonchev–Trinajstić information content (AvgIpc) is 2.38. The van der Waals surface area contributed by atoms with Crippen LogP contribution < -0.4 is 5.32 Å². The van der Waals surface area contributed by atoms with Crippen molar-refractivity contribution >= 4 is 5.97 Å². The van der Waals surface area contributed by atoms with Gasteiger partial charge in [-0.1, -0.05) is 6.92 Å². The second-order valence-electron chi connectivity index (χ2n) is 6.60. The van der Waals surface area contributed by atoms with Crippen LogP contribution in [0.3, 0.4) is 0 Å². The molecule has 2 aliphatic rings. The summed E-state index contributed by atoms with van der Waals surface area (Å²) in [5, 5.41) is 12.6. The third kappa shape index (κ3) is 2.95. The van der Waals surface area contributed by atoms with Crippen molar-refractivity contribution in [3.05, 3.63) is 0 Å². The summed E-state index contributed by atoms with van der Waals surface area (Å²) in [4.78, 5) is 14.2. The van der Waals surface area contributed by atoms with Crippen LogP contribution in [0, 0.1) is 5.92 Å². The molecule has 0 aromatic rings. The first-order valence-corrected chi connectivity index (χ1v) is 7.66. The third-order valence-electron chi connectivity index (χ3n) is 5.27. The van der Waals surface area contributed by atoms with Crippen molar-refractivity contribution in [3.8, 4) is 0 Å². The van der Waals surface area contributed by atoms with Gasteiger partial charge in [-0.2, -0.15) is 0 Å². The molecule has 2 fully saturated rings. The summed E-state index contributed by atoms with van der Waals surface area (Å²) < 4.78 is 0. The molecule has 1 saturated heterocycles. The van der Waals surface area contributed by atoms with E-state index in [9.17, 15) is 9.90 Å². The molecule has 0 bridgehead atoms. The zero-order valence-corrected chi connectivity index (χ0v) is 12.5. The van der Waals surface area contributed by atoms with Crippen molar-refractivity contribution in [1.82, 2.24) is 10.2 Å². The smallest absolute Gasteiger partial charge is 0.323 e. The van der Waals surface area contributed by atoms with Gasteiger partial charge in [0, 0.05) is 12.1 Å². The maximum absolute atomic E-state index is 11.6. The fourth-order valence-corrected chi connectivity index (χ4v) is 4.03. The summed E-state index contributed by atoms with van der Waals surface area (Å²) in [6.07, 6.45) is 6.16. The highest BCUT2D eigenvalue weighted by Gasteiger charge is 2.44. The van der Waals surface area contributed by atoms with Crippen LogP contribution in [0.5, 0.6) is 0 Å². The Morgan fingerprint density at radius 2 is 2.11 bits per heavy atom. The number of carboxylic acids is 1. The summed E-state index contributed by atoms with van der Waals surface area (Å²) in [5.74, 6) is 0.126. The molecule has 0 radical (unpaired) electrons. The zero-order chi connectivity index (χ0) is 14.0. The summed E-state index contributed by atoms with van der Waals surface area (Å²) >= 11 is 0. The number of aliphatic carboxylic acids is 1. The Morgan fingerprint density at radius 1 is 1.37 bits per heavy atom. The Hall–Kier alpha value is -0.610. The van der Waals surface area contributed by atoms with Gasteiger partial charge in [-0.25, -0.2) is 0 Å². The lowest BCUT2D eigenvalue weighted by molar-refractivity contribution is -0.147. The van der Waals surface area contributed by atoms with Gasteiger partial charge in [0.1, 0.15) is 5.54 Å². The fraction of sp³-hybridized carbons (Fsp3) is 0.933. The molecule has 1 aliphatic heterocycles. The molecule has 2 N–H and O–H groups in total. The first kappa shape index (κ1) is 14.8. The standard InChI is InChI=1S/C15H28N2O2/c1-11-6-8-17(12(2)9-11)13-5-4-7-15(10-13,16-3)14(18)19/h11-13,16H,4-10H2,1-3H3,(H,18,19). The van der Waals surface area contributed by atoms with E-state index >= 15 is 0 Å². The molecule has 2 rings (SSSR count). The highest BCUT2D eigenvalue weighted by Crippen LogP contribution is 2.35. The van der Waals surface area contributed by atoms with E-state index in [1.807, 2.05) is 0 Å². The third-order valence-corrected chi connectivity index (χ3v) is 5.27. The van der Waals surface area contributed by atoms with Gasteiger partial charge in [0.15, 0.2) is 0 Å². The van der Waals surface area contributed by atoms with E-state index in [-0.39, 0.29) is 0 Å². The van der Waals surface area contributed by atoms with Crippen molar-refractivity contribution in [2.75, 3.05) is 13.6 Å². The molecular formula is C15H28N2O2. The number of hydrogen-bond donors (Lipinski definition) is 2. The molecule has 4 heteroatoms. The number of rotatable bonds is 3. The summed E-state index contributed by atoms with van der Waals surface area (Å²) in [7, 11) is 1.79. The maximum Gasteiger partial charge on any atom is 0.323 e. The molecule has 4 atom stereocenters. The van der Waals surface area contributed by atoms with Gasteiger partial charge in [-0.15, -0.1) is 0 Å². The fourth-order valence-electron chi connectivity index (χ4n) is 4.03. The first-order chi connectivity index (χ1) is 8.98. The summed E-state index contributed by atoms with van der Waals surface area (Å²) in [5.41, 5.74) is -0.703. The van der Waals surface area contributed by atoms with E-state index in [0.29, 0.717) is 12.1 Å². The van der Waals surface area contributed by atoms with E-state index in [1.165, 1.54) is 12.8 Å². The van der Waals surface area contributed by atoms with Crippen molar-refractivity contribution < 1.29 is 9.90 Å². The molecule has 4 unspecified atom stereocenters. The van der Waals surface area contributed by atoms with Crippen LogP contribution in [0.1, 0.15) is 52.4 Å². The predicted octanol–water partition coefficient (Wildman–Crippen LogP) is 2.09. The van der Waals surface area contributed by atoms with E-state index in [1.54, 1.807) is 7.05 Å². The minimum Gasteiger partial charge on any atom is -0.480 e. The SMILES string of the molecule is CNC1(C(=O)O)CCCC(N2CCC(C)CC2C)C1. The number of likely N-dealkylation sites (N-methyl/N-ethyl adjacent to an activating group) is 1. The van der Waals surface area contributed by atoms with Crippen LogP contribution in [0.25, 0.3) is 0 Å². The average molecular weight is 268 g/mol. The highest BCUT2D eigenvalue weighted by molar-refractivity contribution is 5.79. The second kappa shape index (κ2) is 5.80. The maximum atomic E-state index is 11.6.